The molecule has 0 saturated carbocycles. The van der Waals surface area contributed by atoms with Gasteiger partial charge in [0.1, 0.15) is 16.9 Å². The minimum absolute atomic E-state index is 0.462. The fourth-order valence-electron chi connectivity index (χ4n) is 2.40. The smallest absolute Gasteiger partial charge is 0.160 e. The van der Waals surface area contributed by atoms with E-state index in [9.17, 15) is 0 Å². The fourth-order valence-corrected chi connectivity index (χ4v) is 2.40. The van der Waals surface area contributed by atoms with E-state index in [1.54, 1.807) is 6.20 Å². The minimum Gasteiger partial charge on any atom is -0.379 e. The van der Waals surface area contributed by atoms with Crippen LogP contribution >= 0.6 is 0 Å². The molecule has 0 aliphatic carbocycles. The zero-order valence-corrected chi connectivity index (χ0v) is 9.89. The predicted molar refractivity (Wildman–Crippen MR) is 64.5 cm³/mol. The number of ether oxygens (including phenoxy) is 1. The Morgan fingerprint density at radius 2 is 2.47 bits per heavy atom. The van der Waals surface area contributed by atoms with E-state index in [2.05, 4.69) is 21.5 Å². The second-order valence-electron chi connectivity index (χ2n) is 4.48. The average Bonchev–Trinajstić information content (AvgIpc) is 2.93. The van der Waals surface area contributed by atoms with Gasteiger partial charge in [-0.25, -0.2) is 9.97 Å². The Labute approximate surface area is 99.6 Å². The number of hydrogen-bond acceptors (Lipinski definition) is 4. The first-order valence-corrected chi connectivity index (χ1v) is 5.93. The Balaban J connectivity index is 2.21. The van der Waals surface area contributed by atoms with Gasteiger partial charge in [0.25, 0.3) is 0 Å². The van der Waals surface area contributed by atoms with Crippen molar-refractivity contribution in [3.05, 3.63) is 24.2 Å². The molecule has 5 heteroatoms. The lowest BCUT2D eigenvalue weighted by Gasteiger charge is -2.21. The van der Waals surface area contributed by atoms with Crippen LogP contribution in [0, 0.1) is 0 Å². The van der Waals surface area contributed by atoms with Gasteiger partial charge in [-0.15, -0.1) is 0 Å². The second-order valence-corrected chi connectivity index (χ2v) is 4.48. The first-order valence-electron chi connectivity index (χ1n) is 5.93. The van der Waals surface area contributed by atoms with Gasteiger partial charge in [0.2, 0.25) is 0 Å². The Morgan fingerprint density at radius 1 is 1.59 bits per heavy atom. The highest BCUT2D eigenvalue weighted by atomic mass is 16.5. The summed E-state index contributed by atoms with van der Waals surface area (Å²) in [6.45, 7) is 4.15. The molecule has 1 fully saturated rings. The summed E-state index contributed by atoms with van der Waals surface area (Å²) >= 11 is 0. The molecule has 1 unspecified atom stereocenters. The lowest BCUT2D eigenvalue weighted by atomic mass is 9.99. The monoisotopic (exact) mass is 232 g/mol. The maximum atomic E-state index is 6.38. The number of imidazole rings is 1. The normalized spacial score (nSPS) is 24.6. The lowest BCUT2D eigenvalue weighted by Crippen LogP contribution is -2.40. The molecule has 1 aliphatic heterocycles. The minimum atomic E-state index is -0.462. The Hall–Kier alpha value is -1.46. The van der Waals surface area contributed by atoms with Crippen molar-refractivity contribution in [2.75, 3.05) is 13.2 Å². The van der Waals surface area contributed by atoms with E-state index in [1.165, 1.54) is 0 Å². The molecule has 0 spiro atoms. The maximum Gasteiger partial charge on any atom is 0.160 e. The molecule has 17 heavy (non-hydrogen) atoms. The van der Waals surface area contributed by atoms with Crippen molar-refractivity contribution in [2.24, 2.45) is 5.73 Å². The van der Waals surface area contributed by atoms with Crippen molar-refractivity contribution in [2.45, 2.75) is 25.4 Å². The predicted octanol–water partition coefficient (Wildman–Crippen LogP) is 1.03. The maximum absolute atomic E-state index is 6.38. The van der Waals surface area contributed by atoms with Crippen LogP contribution in [0.3, 0.4) is 0 Å². The number of nitrogens with zero attached hydrogens (tertiary/aromatic N) is 3. The molecule has 2 N–H and O–H groups in total. The Morgan fingerprint density at radius 3 is 3.18 bits per heavy atom. The summed E-state index contributed by atoms with van der Waals surface area (Å²) in [7, 11) is 0. The molecule has 0 aromatic carbocycles. The van der Waals surface area contributed by atoms with Crippen molar-refractivity contribution in [3.63, 3.8) is 0 Å². The van der Waals surface area contributed by atoms with Gasteiger partial charge >= 0.3 is 0 Å². The zero-order chi connectivity index (χ0) is 11.9. The Kier molecular flexibility index (Phi) is 2.38. The van der Waals surface area contributed by atoms with Gasteiger partial charge in [-0.05, 0) is 25.5 Å². The van der Waals surface area contributed by atoms with Gasteiger partial charge in [-0.3, -0.25) is 0 Å². The molecule has 2 aromatic rings. The van der Waals surface area contributed by atoms with Crippen LogP contribution in [0.15, 0.2) is 18.3 Å². The van der Waals surface area contributed by atoms with E-state index in [0.29, 0.717) is 13.2 Å². The summed E-state index contributed by atoms with van der Waals surface area (Å²) in [5.74, 6) is 0.895. The number of aromatic nitrogens is 3. The SMILES string of the molecule is CCn1c(C2(N)CCOC2)nc2cccnc21. The fraction of sp³-hybridized carbons (Fsp3) is 0.500. The molecule has 0 amide bonds. The first kappa shape index (κ1) is 10.7. The van der Waals surface area contributed by atoms with Crippen LogP contribution < -0.4 is 5.73 Å². The summed E-state index contributed by atoms with van der Waals surface area (Å²) < 4.78 is 7.50. The van der Waals surface area contributed by atoms with Crippen LogP contribution in [-0.4, -0.2) is 27.7 Å². The number of pyridine rings is 1. The lowest BCUT2D eigenvalue weighted by molar-refractivity contribution is 0.175. The van der Waals surface area contributed by atoms with Crippen molar-refractivity contribution < 1.29 is 4.74 Å². The summed E-state index contributed by atoms with van der Waals surface area (Å²) in [5, 5.41) is 0. The van der Waals surface area contributed by atoms with E-state index in [1.807, 2.05) is 12.1 Å². The number of rotatable bonds is 2. The summed E-state index contributed by atoms with van der Waals surface area (Å²) in [6.07, 6.45) is 2.60. The van der Waals surface area contributed by atoms with Crippen LogP contribution in [0.5, 0.6) is 0 Å². The van der Waals surface area contributed by atoms with Gasteiger partial charge in [0.15, 0.2) is 5.65 Å². The van der Waals surface area contributed by atoms with Crippen molar-refractivity contribution in [1.29, 1.82) is 0 Å². The van der Waals surface area contributed by atoms with Crippen LogP contribution in [-0.2, 0) is 16.8 Å². The third-order valence-electron chi connectivity index (χ3n) is 3.32. The highest BCUT2D eigenvalue weighted by Gasteiger charge is 2.37. The number of nitrogens with two attached hydrogens (primary N) is 1. The van der Waals surface area contributed by atoms with E-state index in [0.717, 1.165) is 30.0 Å². The van der Waals surface area contributed by atoms with E-state index in [-0.39, 0.29) is 0 Å². The first-order chi connectivity index (χ1) is 8.24. The molecule has 5 nitrogen and oxygen atoms in total. The molecule has 1 aliphatic rings. The van der Waals surface area contributed by atoms with Gasteiger partial charge in [0.05, 0.1) is 6.61 Å². The Bertz CT molecular complexity index is 542. The van der Waals surface area contributed by atoms with Crippen LogP contribution in [0.25, 0.3) is 11.2 Å². The highest BCUT2D eigenvalue weighted by Crippen LogP contribution is 2.29. The molecular weight excluding hydrogens is 216 g/mol. The molecule has 3 heterocycles. The van der Waals surface area contributed by atoms with Crippen molar-refractivity contribution >= 4 is 11.2 Å². The molecule has 2 aromatic heterocycles. The van der Waals surface area contributed by atoms with E-state index < -0.39 is 5.54 Å². The molecule has 1 saturated heterocycles. The van der Waals surface area contributed by atoms with Gasteiger partial charge in [-0.1, -0.05) is 0 Å². The van der Waals surface area contributed by atoms with E-state index >= 15 is 0 Å². The molecule has 3 rings (SSSR count). The molecule has 0 bridgehead atoms. The molecular formula is C12H16N4O. The summed E-state index contributed by atoms with van der Waals surface area (Å²) in [5.41, 5.74) is 7.73. The van der Waals surface area contributed by atoms with Gasteiger partial charge in [0, 0.05) is 19.3 Å². The average molecular weight is 232 g/mol. The summed E-state index contributed by atoms with van der Waals surface area (Å²) in [6, 6.07) is 3.87. The van der Waals surface area contributed by atoms with Crippen LogP contribution in [0.1, 0.15) is 19.2 Å². The standard InChI is InChI=1S/C12H16N4O/c1-2-16-10-9(4-3-6-14-10)15-11(16)12(13)5-7-17-8-12/h3-4,6H,2,5,7-8,13H2,1H3. The third kappa shape index (κ3) is 1.54. The highest BCUT2D eigenvalue weighted by molar-refractivity contribution is 5.71. The molecule has 90 valence electrons. The number of hydrogen-bond donors (Lipinski definition) is 1. The largest absolute Gasteiger partial charge is 0.379 e. The second kappa shape index (κ2) is 3.78. The van der Waals surface area contributed by atoms with Crippen molar-refractivity contribution in [3.8, 4) is 0 Å². The number of fused-ring (bicyclic) bond motifs is 1. The van der Waals surface area contributed by atoms with Crippen molar-refractivity contribution in [1.82, 2.24) is 14.5 Å². The van der Waals surface area contributed by atoms with Crippen LogP contribution in [0.2, 0.25) is 0 Å². The third-order valence-corrected chi connectivity index (χ3v) is 3.32. The van der Waals surface area contributed by atoms with Crippen LogP contribution in [0.4, 0.5) is 0 Å². The zero-order valence-electron chi connectivity index (χ0n) is 9.89. The summed E-state index contributed by atoms with van der Waals surface area (Å²) in [4.78, 5) is 9.01. The molecule has 1 atom stereocenters. The topological polar surface area (TPSA) is 66.0 Å². The van der Waals surface area contributed by atoms with E-state index in [4.69, 9.17) is 10.5 Å². The van der Waals surface area contributed by atoms with Gasteiger partial charge < -0.3 is 15.0 Å². The van der Waals surface area contributed by atoms with Gasteiger partial charge in [-0.2, -0.15) is 0 Å². The number of aryl methyl sites for hydroxylation is 1. The quantitative estimate of drug-likeness (QED) is 0.839. The molecule has 0 radical (unpaired) electrons.